The standard InChI is InChI=1S/C25H21F3N4O6S2/c1-5-40(36,37)30-23(34)14(3)38-16-8-6-13(2)17(11-16)22-18-10-15(7-9-19(18)39-29-22)32-21(33)12-20(25(26,27)28)31(4)24(32)35/h5-12,14H,1H2,2-4H3,(H,30,34). The number of carbonyl (C=O) groups excluding carboxylic acids is 1. The van der Waals surface area contributed by atoms with Gasteiger partial charge in [-0.25, -0.2) is 22.5 Å². The van der Waals surface area contributed by atoms with E-state index in [1.807, 2.05) is 4.72 Å². The average molecular weight is 595 g/mol. The number of nitrogens with zero attached hydrogens (tertiary/aromatic N) is 3. The SMILES string of the molecule is C=CS(=O)(=O)NC(=O)C(C)Oc1ccc(C)c(-c2nsc3ccc(-n4c(=O)cc(C(F)(F)F)n(C)c4=O)cc23)c1. The van der Waals surface area contributed by atoms with Gasteiger partial charge in [-0.2, -0.15) is 17.5 Å². The first-order chi connectivity index (χ1) is 18.6. The number of benzene rings is 2. The number of hydrogen-bond donors (Lipinski definition) is 1. The lowest BCUT2D eigenvalue weighted by molar-refractivity contribution is -0.144. The fourth-order valence-corrected chi connectivity index (χ4v) is 5.15. The number of aromatic nitrogens is 3. The second kappa shape index (κ2) is 10.4. The Bertz CT molecular complexity index is 1890. The van der Waals surface area contributed by atoms with Crippen LogP contribution < -0.4 is 20.7 Å². The minimum atomic E-state index is -4.89. The van der Waals surface area contributed by atoms with Crippen molar-refractivity contribution in [3.05, 3.63) is 86.5 Å². The van der Waals surface area contributed by atoms with E-state index in [2.05, 4.69) is 11.0 Å². The molecule has 210 valence electrons. The molecule has 0 spiro atoms. The summed E-state index contributed by atoms with van der Waals surface area (Å²) in [4.78, 5) is 37.6. The van der Waals surface area contributed by atoms with E-state index >= 15 is 0 Å². The summed E-state index contributed by atoms with van der Waals surface area (Å²) in [5, 5.41) is 1.11. The van der Waals surface area contributed by atoms with Crippen molar-refractivity contribution in [3.63, 3.8) is 0 Å². The minimum Gasteiger partial charge on any atom is -0.481 e. The predicted octanol–water partition coefficient (Wildman–Crippen LogP) is 3.50. The third kappa shape index (κ3) is 5.56. The number of hydrogen-bond acceptors (Lipinski definition) is 8. The molecule has 10 nitrogen and oxygen atoms in total. The van der Waals surface area contributed by atoms with Gasteiger partial charge in [0.05, 0.1) is 16.1 Å². The van der Waals surface area contributed by atoms with Crippen molar-refractivity contribution >= 4 is 37.5 Å². The quantitative estimate of drug-likeness (QED) is 0.347. The zero-order valence-corrected chi connectivity index (χ0v) is 22.8. The Kier molecular flexibility index (Phi) is 7.47. The van der Waals surface area contributed by atoms with Gasteiger partial charge in [0.15, 0.2) is 6.10 Å². The zero-order valence-electron chi connectivity index (χ0n) is 21.1. The molecule has 0 aliphatic carbocycles. The van der Waals surface area contributed by atoms with Crippen LogP contribution in [0, 0.1) is 6.92 Å². The van der Waals surface area contributed by atoms with Crippen molar-refractivity contribution in [1.82, 2.24) is 18.2 Å². The van der Waals surface area contributed by atoms with Crippen LogP contribution in [0.4, 0.5) is 13.2 Å². The lowest BCUT2D eigenvalue weighted by Gasteiger charge is -2.15. The minimum absolute atomic E-state index is 0.0482. The number of carbonyl (C=O) groups is 1. The number of amides is 1. The highest BCUT2D eigenvalue weighted by molar-refractivity contribution is 7.92. The van der Waals surface area contributed by atoms with Gasteiger partial charge in [0.25, 0.3) is 21.5 Å². The molecule has 0 saturated heterocycles. The summed E-state index contributed by atoms with van der Waals surface area (Å²) in [7, 11) is -3.07. The van der Waals surface area contributed by atoms with Crippen molar-refractivity contribution in [2.75, 3.05) is 0 Å². The zero-order chi connectivity index (χ0) is 29.6. The van der Waals surface area contributed by atoms with Crippen molar-refractivity contribution in [1.29, 1.82) is 0 Å². The highest BCUT2D eigenvalue weighted by Crippen LogP contribution is 2.36. The van der Waals surface area contributed by atoms with Gasteiger partial charge in [0.1, 0.15) is 11.4 Å². The molecule has 0 radical (unpaired) electrons. The molecule has 0 aliphatic rings. The molecule has 1 atom stereocenters. The summed E-state index contributed by atoms with van der Waals surface area (Å²) in [5.41, 5.74) is -1.87. The highest BCUT2D eigenvalue weighted by Gasteiger charge is 2.35. The van der Waals surface area contributed by atoms with Crippen LogP contribution in [0.25, 0.3) is 27.0 Å². The number of ether oxygens (including phenoxy) is 1. The van der Waals surface area contributed by atoms with Gasteiger partial charge >= 0.3 is 11.9 Å². The summed E-state index contributed by atoms with van der Waals surface area (Å²) in [6.45, 7) is 6.27. The molecular weight excluding hydrogens is 573 g/mol. The molecule has 1 amide bonds. The molecule has 0 aliphatic heterocycles. The molecule has 2 aromatic carbocycles. The molecular formula is C25H21F3N4O6S2. The summed E-state index contributed by atoms with van der Waals surface area (Å²) in [6.07, 6.45) is -6.07. The lowest BCUT2D eigenvalue weighted by atomic mass is 10.0. The van der Waals surface area contributed by atoms with Crippen LogP contribution in [0.1, 0.15) is 18.2 Å². The van der Waals surface area contributed by atoms with Gasteiger partial charge in [0, 0.05) is 29.5 Å². The molecule has 0 fully saturated rings. The van der Waals surface area contributed by atoms with Crippen LogP contribution in [0.15, 0.2) is 64.0 Å². The predicted molar refractivity (Wildman–Crippen MR) is 143 cm³/mol. The Balaban J connectivity index is 1.76. The van der Waals surface area contributed by atoms with E-state index in [4.69, 9.17) is 4.74 Å². The number of alkyl halides is 3. The molecule has 0 bridgehead atoms. The summed E-state index contributed by atoms with van der Waals surface area (Å²) >= 11 is 1.12. The van der Waals surface area contributed by atoms with Gasteiger partial charge in [-0.3, -0.25) is 14.2 Å². The molecule has 15 heteroatoms. The molecule has 2 heterocycles. The van der Waals surface area contributed by atoms with Gasteiger partial charge in [-0.15, -0.1) is 0 Å². The smallest absolute Gasteiger partial charge is 0.431 e. The normalized spacial score (nSPS) is 12.8. The number of fused-ring (bicyclic) bond motifs is 1. The maximum absolute atomic E-state index is 13.3. The van der Waals surface area contributed by atoms with Crippen LogP contribution in [0.5, 0.6) is 5.75 Å². The van der Waals surface area contributed by atoms with Crippen LogP contribution in [-0.4, -0.2) is 33.9 Å². The lowest BCUT2D eigenvalue weighted by Crippen LogP contribution is -2.40. The summed E-state index contributed by atoms with van der Waals surface area (Å²) < 4.78 is 76.5. The summed E-state index contributed by atoms with van der Waals surface area (Å²) in [5.74, 6) is -0.682. The first kappa shape index (κ1) is 28.8. The number of rotatable bonds is 7. The van der Waals surface area contributed by atoms with E-state index in [-0.39, 0.29) is 11.4 Å². The van der Waals surface area contributed by atoms with Crippen LogP contribution >= 0.6 is 11.5 Å². The first-order valence-corrected chi connectivity index (χ1v) is 13.7. The van der Waals surface area contributed by atoms with E-state index in [0.29, 0.717) is 42.0 Å². The van der Waals surface area contributed by atoms with E-state index in [9.17, 15) is 36.0 Å². The second-order valence-corrected chi connectivity index (χ2v) is 11.1. The van der Waals surface area contributed by atoms with Crippen molar-refractivity contribution in [3.8, 4) is 22.7 Å². The largest absolute Gasteiger partial charge is 0.481 e. The second-order valence-electron chi connectivity index (χ2n) is 8.67. The van der Waals surface area contributed by atoms with E-state index in [1.54, 1.807) is 31.2 Å². The van der Waals surface area contributed by atoms with Crippen LogP contribution in [0.3, 0.4) is 0 Å². The topological polar surface area (TPSA) is 129 Å². The van der Waals surface area contributed by atoms with E-state index < -0.39 is 45.2 Å². The van der Waals surface area contributed by atoms with E-state index in [1.165, 1.54) is 19.1 Å². The molecule has 40 heavy (non-hydrogen) atoms. The fraction of sp³-hybridized carbons (Fsp3) is 0.200. The summed E-state index contributed by atoms with van der Waals surface area (Å²) in [6, 6.07) is 9.73. The Labute approximate surface area is 229 Å². The highest BCUT2D eigenvalue weighted by atomic mass is 32.2. The molecule has 1 unspecified atom stereocenters. The maximum Gasteiger partial charge on any atom is 0.431 e. The number of aryl methyl sites for hydroxylation is 1. The van der Waals surface area contributed by atoms with Gasteiger partial charge in [-0.05, 0) is 61.3 Å². The van der Waals surface area contributed by atoms with Crippen LogP contribution in [0.2, 0.25) is 0 Å². The monoisotopic (exact) mass is 594 g/mol. The van der Waals surface area contributed by atoms with Crippen molar-refractivity contribution < 1.29 is 31.1 Å². The number of nitrogens with one attached hydrogen (secondary N) is 1. The van der Waals surface area contributed by atoms with Crippen molar-refractivity contribution in [2.45, 2.75) is 26.1 Å². The molecule has 4 rings (SSSR count). The third-order valence-electron chi connectivity index (χ3n) is 5.93. The Morgan fingerprint density at radius 1 is 1.18 bits per heavy atom. The van der Waals surface area contributed by atoms with Gasteiger partial charge in [0.2, 0.25) is 0 Å². The molecule has 0 saturated carbocycles. The molecule has 1 N–H and O–H groups in total. The first-order valence-electron chi connectivity index (χ1n) is 11.4. The Morgan fingerprint density at radius 3 is 2.52 bits per heavy atom. The van der Waals surface area contributed by atoms with Gasteiger partial charge in [-0.1, -0.05) is 12.6 Å². The van der Waals surface area contributed by atoms with Gasteiger partial charge < -0.3 is 4.74 Å². The number of sulfonamides is 1. The Morgan fingerprint density at radius 2 is 1.88 bits per heavy atom. The van der Waals surface area contributed by atoms with E-state index in [0.717, 1.165) is 24.1 Å². The van der Waals surface area contributed by atoms with Crippen LogP contribution in [-0.2, 0) is 28.0 Å². The molecule has 2 aromatic heterocycles. The number of halogens is 3. The maximum atomic E-state index is 13.3. The molecule has 4 aromatic rings. The fourth-order valence-electron chi connectivity index (χ4n) is 3.85. The van der Waals surface area contributed by atoms with Crippen molar-refractivity contribution in [2.24, 2.45) is 7.05 Å². The third-order valence-corrected chi connectivity index (χ3v) is 7.68. The Hall–Kier alpha value is -4.24. The average Bonchev–Trinajstić information content (AvgIpc) is 3.29.